The predicted molar refractivity (Wildman–Crippen MR) is 56.2 cm³/mol. The minimum atomic E-state index is -4.23. The van der Waals surface area contributed by atoms with Gasteiger partial charge in [-0.2, -0.15) is 0 Å². The standard InChI is InChI=1S/C6H2Cl3NO4S/c7-3-1-5(10(11)12)6(2-4(3)8)15(9,13)14/h1-2H. The van der Waals surface area contributed by atoms with Crippen molar-refractivity contribution in [1.29, 1.82) is 0 Å². The maximum atomic E-state index is 11.0. The molecule has 82 valence electrons. The molecule has 0 heterocycles. The third kappa shape index (κ3) is 2.72. The maximum Gasteiger partial charge on any atom is 0.290 e. The number of hydrogen-bond donors (Lipinski definition) is 0. The molecule has 0 aliphatic rings. The Kier molecular flexibility index (Phi) is 3.44. The molecule has 0 radical (unpaired) electrons. The Morgan fingerprint density at radius 3 is 2.07 bits per heavy atom. The van der Waals surface area contributed by atoms with E-state index < -0.39 is 24.6 Å². The Morgan fingerprint density at radius 2 is 1.67 bits per heavy atom. The molecule has 9 heteroatoms. The number of nitro benzene ring substituents is 1. The lowest BCUT2D eigenvalue weighted by Gasteiger charge is -2.01. The average molecular weight is 291 g/mol. The number of rotatable bonds is 2. The van der Waals surface area contributed by atoms with E-state index in [0.29, 0.717) is 0 Å². The fourth-order valence-corrected chi connectivity index (χ4v) is 2.25. The summed E-state index contributed by atoms with van der Waals surface area (Å²) in [5, 5.41) is 10.3. The van der Waals surface area contributed by atoms with E-state index in [0.717, 1.165) is 12.1 Å². The second kappa shape index (κ2) is 4.13. The molecule has 0 unspecified atom stereocenters. The maximum absolute atomic E-state index is 11.0. The van der Waals surface area contributed by atoms with Gasteiger partial charge in [0.15, 0.2) is 4.90 Å². The van der Waals surface area contributed by atoms with Crippen LogP contribution in [0.1, 0.15) is 0 Å². The summed E-state index contributed by atoms with van der Waals surface area (Å²) >= 11 is 11.0. The van der Waals surface area contributed by atoms with Crippen LogP contribution in [0, 0.1) is 10.1 Å². The number of nitrogens with zero attached hydrogens (tertiary/aromatic N) is 1. The van der Waals surface area contributed by atoms with Crippen LogP contribution in [0.4, 0.5) is 5.69 Å². The normalized spacial score (nSPS) is 11.4. The van der Waals surface area contributed by atoms with Gasteiger partial charge in [-0.1, -0.05) is 23.2 Å². The van der Waals surface area contributed by atoms with Crippen molar-refractivity contribution in [2.75, 3.05) is 0 Å². The lowest BCUT2D eigenvalue weighted by Crippen LogP contribution is -1.99. The minimum Gasteiger partial charge on any atom is -0.258 e. The zero-order valence-corrected chi connectivity index (χ0v) is 9.86. The number of halogens is 3. The van der Waals surface area contributed by atoms with Gasteiger partial charge in [0.05, 0.1) is 15.0 Å². The van der Waals surface area contributed by atoms with E-state index in [2.05, 4.69) is 0 Å². The lowest BCUT2D eigenvalue weighted by atomic mass is 10.3. The molecule has 0 saturated heterocycles. The van der Waals surface area contributed by atoms with Crippen molar-refractivity contribution >= 4 is 48.6 Å². The fourth-order valence-electron chi connectivity index (χ4n) is 0.856. The highest BCUT2D eigenvalue weighted by Crippen LogP contribution is 2.34. The van der Waals surface area contributed by atoms with E-state index in [4.69, 9.17) is 33.9 Å². The number of benzene rings is 1. The molecule has 0 amide bonds. The summed E-state index contributed by atoms with van der Waals surface area (Å²) in [4.78, 5) is 8.93. The van der Waals surface area contributed by atoms with Gasteiger partial charge in [0.25, 0.3) is 14.7 Å². The molecule has 0 atom stereocenters. The van der Waals surface area contributed by atoms with Crippen LogP contribution in [0.3, 0.4) is 0 Å². The van der Waals surface area contributed by atoms with E-state index in [1.807, 2.05) is 0 Å². The van der Waals surface area contributed by atoms with Gasteiger partial charge in [0.1, 0.15) is 0 Å². The Morgan fingerprint density at radius 1 is 1.20 bits per heavy atom. The van der Waals surface area contributed by atoms with Crippen molar-refractivity contribution in [3.8, 4) is 0 Å². The first-order valence-corrected chi connectivity index (χ1v) is 6.38. The number of hydrogen-bond acceptors (Lipinski definition) is 4. The van der Waals surface area contributed by atoms with Crippen molar-refractivity contribution < 1.29 is 13.3 Å². The third-order valence-corrected chi connectivity index (χ3v) is 3.53. The minimum absolute atomic E-state index is 0.118. The molecule has 5 nitrogen and oxygen atoms in total. The van der Waals surface area contributed by atoms with E-state index in [1.165, 1.54) is 0 Å². The Labute approximate surface area is 99.1 Å². The summed E-state index contributed by atoms with van der Waals surface area (Å²) in [5.41, 5.74) is -0.709. The molecular formula is C6H2Cl3NO4S. The molecule has 0 fully saturated rings. The highest BCUT2D eigenvalue weighted by molar-refractivity contribution is 8.13. The predicted octanol–water partition coefficient (Wildman–Crippen LogP) is 2.83. The van der Waals surface area contributed by atoms with Crippen LogP contribution in [0.25, 0.3) is 0 Å². The van der Waals surface area contributed by atoms with E-state index >= 15 is 0 Å². The molecule has 0 aliphatic carbocycles. The summed E-state index contributed by atoms with van der Waals surface area (Å²) in [6.07, 6.45) is 0. The molecule has 0 bridgehead atoms. The highest BCUT2D eigenvalue weighted by Gasteiger charge is 2.25. The van der Waals surface area contributed by atoms with Crippen molar-refractivity contribution in [1.82, 2.24) is 0 Å². The average Bonchev–Trinajstić information content (AvgIpc) is 2.06. The molecule has 0 aromatic heterocycles. The summed E-state index contributed by atoms with van der Waals surface area (Å²) in [6, 6.07) is 1.67. The molecule has 0 saturated carbocycles. The smallest absolute Gasteiger partial charge is 0.258 e. The largest absolute Gasteiger partial charge is 0.290 e. The zero-order chi connectivity index (χ0) is 11.8. The Hall–Kier alpha value is -0.560. The van der Waals surface area contributed by atoms with Gasteiger partial charge in [-0.3, -0.25) is 10.1 Å². The molecule has 0 N–H and O–H groups in total. The summed E-state index contributed by atoms with van der Waals surface area (Å²) in [5.74, 6) is 0. The first-order valence-electron chi connectivity index (χ1n) is 3.31. The van der Waals surface area contributed by atoms with Gasteiger partial charge in [-0.05, 0) is 6.07 Å². The van der Waals surface area contributed by atoms with E-state index in [1.54, 1.807) is 0 Å². The topological polar surface area (TPSA) is 77.3 Å². The van der Waals surface area contributed by atoms with Gasteiger partial charge in [0, 0.05) is 16.7 Å². The van der Waals surface area contributed by atoms with E-state index in [-0.39, 0.29) is 10.0 Å². The Bertz CT molecular complexity index is 527. The van der Waals surface area contributed by atoms with Crippen molar-refractivity contribution in [2.24, 2.45) is 0 Å². The first-order chi connectivity index (χ1) is 6.73. The van der Waals surface area contributed by atoms with Gasteiger partial charge >= 0.3 is 0 Å². The molecule has 0 aliphatic heterocycles. The Balaban J connectivity index is 3.64. The molecular weight excluding hydrogens is 288 g/mol. The van der Waals surface area contributed by atoms with Gasteiger partial charge in [0.2, 0.25) is 0 Å². The number of nitro groups is 1. The van der Waals surface area contributed by atoms with Crippen LogP contribution in [0.15, 0.2) is 17.0 Å². The van der Waals surface area contributed by atoms with Gasteiger partial charge in [-0.25, -0.2) is 8.42 Å². The van der Waals surface area contributed by atoms with Gasteiger partial charge < -0.3 is 0 Å². The molecule has 0 spiro atoms. The van der Waals surface area contributed by atoms with Crippen molar-refractivity contribution in [3.05, 3.63) is 32.3 Å². The summed E-state index contributed by atoms with van der Waals surface area (Å²) in [7, 11) is 0.768. The lowest BCUT2D eigenvalue weighted by molar-refractivity contribution is -0.387. The SMILES string of the molecule is O=[N+]([O-])c1cc(Cl)c(Cl)cc1S(=O)(=O)Cl. The third-order valence-electron chi connectivity index (χ3n) is 1.46. The van der Waals surface area contributed by atoms with Crippen LogP contribution in [0.2, 0.25) is 10.0 Å². The van der Waals surface area contributed by atoms with E-state index in [9.17, 15) is 18.5 Å². The highest BCUT2D eigenvalue weighted by atomic mass is 35.7. The van der Waals surface area contributed by atoms with Crippen molar-refractivity contribution in [2.45, 2.75) is 4.90 Å². The van der Waals surface area contributed by atoms with Crippen molar-refractivity contribution in [3.63, 3.8) is 0 Å². The fraction of sp³-hybridized carbons (Fsp3) is 0. The molecule has 15 heavy (non-hydrogen) atoms. The van der Waals surface area contributed by atoms with Crippen LogP contribution in [0.5, 0.6) is 0 Å². The van der Waals surface area contributed by atoms with Crippen LogP contribution >= 0.6 is 33.9 Å². The second-order valence-electron chi connectivity index (χ2n) is 2.43. The summed E-state index contributed by atoms with van der Waals surface area (Å²) < 4.78 is 22.0. The van der Waals surface area contributed by atoms with Gasteiger partial charge in [-0.15, -0.1) is 0 Å². The molecule has 1 rings (SSSR count). The van der Waals surface area contributed by atoms with Crippen LogP contribution in [-0.4, -0.2) is 13.3 Å². The second-order valence-corrected chi connectivity index (χ2v) is 5.78. The monoisotopic (exact) mass is 289 g/mol. The van der Waals surface area contributed by atoms with Crippen LogP contribution in [-0.2, 0) is 9.05 Å². The quantitative estimate of drug-likeness (QED) is 0.477. The first kappa shape index (κ1) is 12.5. The molecule has 1 aromatic carbocycles. The zero-order valence-electron chi connectivity index (χ0n) is 6.78. The summed E-state index contributed by atoms with van der Waals surface area (Å²) in [6.45, 7) is 0. The van der Waals surface area contributed by atoms with Crippen LogP contribution < -0.4 is 0 Å². The molecule has 1 aromatic rings.